The van der Waals surface area contributed by atoms with Gasteiger partial charge in [-0.05, 0) is 38.3 Å². The van der Waals surface area contributed by atoms with Gasteiger partial charge in [-0.2, -0.15) is 0 Å². The maximum absolute atomic E-state index is 13.1. The number of sulfone groups is 1. The van der Waals surface area contributed by atoms with Crippen LogP contribution < -0.4 is 5.32 Å². The van der Waals surface area contributed by atoms with Crippen LogP contribution in [-0.4, -0.2) is 58.8 Å². The van der Waals surface area contributed by atoms with Crippen molar-refractivity contribution in [1.29, 1.82) is 0 Å². The van der Waals surface area contributed by atoms with E-state index in [0.717, 1.165) is 35.7 Å². The van der Waals surface area contributed by atoms with Crippen molar-refractivity contribution in [2.75, 3.05) is 22.6 Å². The molecule has 4 rings (SSSR count). The van der Waals surface area contributed by atoms with Crippen LogP contribution in [0.1, 0.15) is 37.7 Å². The van der Waals surface area contributed by atoms with Crippen molar-refractivity contribution >= 4 is 49.7 Å². The lowest BCUT2D eigenvalue weighted by Crippen LogP contribution is -2.47. The lowest BCUT2D eigenvalue weighted by atomic mass is 10.1. The number of aryl methyl sites for hydroxylation is 1. The average molecular weight is 467 g/mol. The van der Waals surface area contributed by atoms with Crippen molar-refractivity contribution in [3.05, 3.63) is 29.8 Å². The third kappa shape index (κ3) is 5.33. The highest BCUT2D eigenvalue weighted by atomic mass is 32.2. The molecule has 1 saturated heterocycles. The Bertz CT molecular complexity index is 985. The summed E-state index contributed by atoms with van der Waals surface area (Å²) in [5.74, 6) is 0.554. The molecule has 1 aromatic carbocycles. The first kappa shape index (κ1) is 21.6. The summed E-state index contributed by atoms with van der Waals surface area (Å²) in [6.07, 6.45) is 4.70. The van der Waals surface area contributed by atoms with Gasteiger partial charge in [0.1, 0.15) is 0 Å². The quantitative estimate of drug-likeness (QED) is 0.623. The van der Waals surface area contributed by atoms with Crippen LogP contribution in [0.5, 0.6) is 0 Å². The Hall–Kier alpha value is -1.65. The summed E-state index contributed by atoms with van der Waals surface area (Å²) >= 11 is 2.79. The number of anilines is 2. The average Bonchev–Trinajstić information content (AvgIpc) is 3.45. The van der Waals surface area contributed by atoms with Gasteiger partial charge in [-0.15, -0.1) is 10.2 Å². The zero-order valence-corrected chi connectivity index (χ0v) is 19.4. The highest BCUT2D eigenvalue weighted by molar-refractivity contribution is 8.01. The molecular weight excluding hydrogens is 440 g/mol. The second kappa shape index (κ2) is 9.23. The van der Waals surface area contributed by atoms with Gasteiger partial charge in [-0.3, -0.25) is 4.79 Å². The molecule has 0 spiro atoms. The second-order valence-electron chi connectivity index (χ2n) is 7.95. The van der Waals surface area contributed by atoms with E-state index < -0.39 is 9.84 Å². The molecule has 0 radical (unpaired) electrons. The fourth-order valence-electron chi connectivity index (χ4n) is 4.16. The van der Waals surface area contributed by atoms with E-state index in [2.05, 4.69) is 15.5 Å². The molecule has 0 bridgehead atoms. The molecule has 10 heteroatoms. The minimum absolute atomic E-state index is 0.0113. The van der Waals surface area contributed by atoms with Gasteiger partial charge in [0.2, 0.25) is 11.0 Å². The Kier molecular flexibility index (Phi) is 6.64. The molecule has 1 N–H and O–H groups in total. The molecule has 1 unspecified atom stereocenters. The van der Waals surface area contributed by atoms with Crippen LogP contribution in [-0.2, 0) is 14.6 Å². The van der Waals surface area contributed by atoms with Gasteiger partial charge in [-0.1, -0.05) is 53.6 Å². The Balaban J connectivity index is 1.37. The molecule has 1 aromatic heterocycles. The molecule has 7 nitrogen and oxygen atoms in total. The fourth-order valence-corrected chi connectivity index (χ4v) is 7.51. The van der Waals surface area contributed by atoms with Crippen LogP contribution in [0.25, 0.3) is 0 Å². The van der Waals surface area contributed by atoms with E-state index in [1.807, 2.05) is 36.1 Å². The third-order valence-corrected chi connectivity index (χ3v) is 9.34. The van der Waals surface area contributed by atoms with Crippen LogP contribution in [0, 0.1) is 6.92 Å². The Morgan fingerprint density at radius 3 is 2.57 bits per heavy atom. The number of carbonyl (C=O) groups excluding carboxylic acids is 1. The van der Waals surface area contributed by atoms with Gasteiger partial charge in [0, 0.05) is 17.8 Å². The highest BCUT2D eigenvalue weighted by Gasteiger charge is 2.38. The number of hydrogen-bond acceptors (Lipinski definition) is 8. The third-order valence-electron chi connectivity index (χ3n) is 5.64. The van der Waals surface area contributed by atoms with Gasteiger partial charge in [-0.25, -0.2) is 8.42 Å². The maximum atomic E-state index is 13.1. The summed E-state index contributed by atoms with van der Waals surface area (Å²) in [6.45, 7) is 2.04. The number of thioether (sulfide) groups is 1. The first-order chi connectivity index (χ1) is 14.4. The van der Waals surface area contributed by atoms with E-state index >= 15 is 0 Å². The molecule has 162 valence electrons. The van der Waals surface area contributed by atoms with Crippen molar-refractivity contribution in [2.45, 2.75) is 55.5 Å². The maximum Gasteiger partial charge on any atom is 0.233 e. The molecule has 2 aromatic rings. The zero-order valence-electron chi connectivity index (χ0n) is 16.9. The molecule has 1 aliphatic heterocycles. The standard InChI is InChI=1S/C20H26N4O3S3/c1-14-6-8-15(9-7-14)21-19-22-23-20(29-19)28-12-18(25)24(16-4-2-3-5-16)17-10-11-30(26,27)13-17/h6-9,16-17H,2-5,10-13H2,1H3,(H,21,22). The number of carbonyl (C=O) groups is 1. The van der Waals surface area contributed by atoms with Crippen LogP contribution in [0.2, 0.25) is 0 Å². The summed E-state index contributed by atoms with van der Waals surface area (Å²) in [6, 6.07) is 8.02. The van der Waals surface area contributed by atoms with Gasteiger partial charge < -0.3 is 10.2 Å². The van der Waals surface area contributed by atoms with E-state index in [1.54, 1.807) is 0 Å². The predicted molar refractivity (Wildman–Crippen MR) is 121 cm³/mol. The van der Waals surface area contributed by atoms with Crippen molar-refractivity contribution in [3.63, 3.8) is 0 Å². The summed E-state index contributed by atoms with van der Waals surface area (Å²) in [5.41, 5.74) is 2.13. The largest absolute Gasteiger partial charge is 0.335 e. The highest BCUT2D eigenvalue weighted by Crippen LogP contribution is 2.32. The van der Waals surface area contributed by atoms with Gasteiger partial charge in [0.25, 0.3) is 0 Å². The zero-order chi connectivity index (χ0) is 21.1. The molecule has 1 saturated carbocycles. The Labute approximate surface area is 185 Å². The van der Waals surface area contributed by atoms with Crippen molar-refractivity contribution in [1.82, 2.24) is 15.1 Å². The normalized spacial score (nSPS) is 21.0. The van der Waals surface area contributed by atoms with Gasteiger partial charge in [0.15, 0.2) is 14.2 Å². The fraction of sp³-hybridized carbons (Fsp3) is 0.550. The van der Waals surface area contributed by atoms with Gasteiger partial charge >= 0.3 is 0 Å². The SMILES string of the molecule is Cc1ccc(Nc2nnc(SCC(=O)N(C3CCCC3)C3CCS(=O)(=O)C3)s2)cc1. The summed E-state index contributed by atoms with van der Waals surface area (Å²) in [4.78, 5) is 15.0. The first-order valence-electron chi connectivity index (χ1n) is 10.2. The van der Waals surface area contributed by atoms with Crippen molar-refractivity contribution in [2.24, 2.45) is 0 Å². The van der Waals surface area contributed by atoms with E-state index in [9.17, 15) is 13.2 Å². The molecule has 1 amide bonds. The number of amides is 1. The van der Waals surface area contributed by atoms with Crippen molar-refractivity contribution < 1.29 is 13.2 Å². The topological polar surface area (TPSA) is 92.3 Å². The number of rotatable bonds is 7. The van der Waals surface area contributed by atoms with Crippen LogP contribution in [0.4, 0.5) is 10.8 Å². The molecule has 1 aliphatic carbocycles. The van der Waals surface area contributed by atoms with Crippen LogP contribution >= 0.6 is 23.1 Å². The van der Waals surface area contributed by atoms with Crippen LogP contribution in [0.3, 0.4) is 0 Å². The molecule has 2 fully saturated rings. The first-order valence-corrected chi connectivity index (χ1v) is 13.8. The van der Waals surface area contributed by atoms with Gasteiger partial charge in [0.05, 0.1) is 17.3 Å². The Morgan fingerprint density at radius 1 is 1.17 bits per heavy atom. The number of benzene rings is 1. The monoisotopic (exact) mass is 466 g/mol. The van der Waals surface area contributed by atoms with Crippen LogP contribution in [0.15, 0.2) is 28.6 Å². The van der Waals surface area contributed by atoms with E-state index in [1.165, 1.54) is 28.7 Å². The molecule has 30 heavy (non-hydrogen) atoms. The number of nitrogens with one attached hydrogen (secondary N) is 1. The summed E-state index contributed by atoms with van der Waals surface area (Å²) < 4.78 is 24.7. The van der Waals surface area contributed by atoms with E-state index in [4.69, 9.17) is 0 Å². The smallest absolute Gasteiger partial charge is 0.233 e. The number of aromatic nitrogens is 2. The summed E-state index contributed by atoms with van der Waals surface area (Å²) in [7, 11) is -3.03. The van der Waals surface area contributed by atoms with Crippen molar-refractivity contribution in [3.8, 4) is 0 Å². The minimum atomic E-state index is -3.03. The molecular formula is C20H26N4O3S3. The molecule has 1 atom stereocenters. The summed E-state index contributed by atoms with van der Waals surface area (Å²) in [5, 5.41) is 12.3. The second-order valence-corrected chi connectivity index (χ2v) is 12.4. The van der Waals surface area contributed by atoms with E-state index in [0.29, 0.717) is 11.6 Å². The van der Waals surface area contributed by atoms with E-state index in [-0.39, 0.29) is 35.2 Å². The predicted octanol–water partition coefficient (Wildman–Crippen LogP) is 3.64. The Morgan fingerprint density at radius 2 is 1.90 bits per heavy atom. The molecule has 2 aliphatic rings. The number of nitrogens with zero attached hydrogens (tertiary/aromatic N) is 3. The lowest BCUT2D eigenvalue weighted by Gasteiger charge is -2.34. The lowest BCUT2D eigenvalue weighted by molar-refractivity contribution is -0.132. The number of hydrogen-bond donors (Lipinski definition) is 1. The minimum Gasteiger partial charge on any atom is -0.335 e. The molecule has 2 heterocycles.